The number of benzene rings is 1. The van der Waals surface area contributed by atoms with E-state index in [0.717, 1.165) is 49.1 Å². The number of ether oxygens (including phenoxy) is 1. The van der Waals surface area contributed by atoms with Gasteiger partial charge in [-0.1, -0.05) is 22.9 Å². The van der Waals surface area contributed by atoms with Crippen molar-refractivity contribution in [2.75, 3.05) is 19.7 Å². The average molecular weight is 328 g/mol. The Labute approximate surface area is 123 Å². The van der Waals surface area contributed by atoms with E-state index in [1.807, 2.05) is 12.1 Å². The van der Waals surface area contributed by atoms with E-state index in [2.05, 4.69) is 27.8 Å². The van der Waals surface area contributed by atoms with Crippen molar-refractivity contribution in [1.29, 1.82) is 0 Å². The molecule has 106 valence electrons. The Morgan fingerprint density at radius 1 is 1.47 bits per heavy atom. The summed E-state index contributed by atoms with van der Waals surface area (Å²) < 4.78 is 6.85. The SMILES string of the molecule is CCCOC1CCCN(Cc2cc(Br)ccc2O)C1. The molecule has 1 atom stereocenters. The average Bonchev–Trinajstić information content (AvgIpc) is 2.41. The van der Waals surface area contributed by atoms with Crippen LogP contribution in [0, 0.1) is 0 Å². The Morgan fingerprint density at radius 3 is 3.11 bits per heavy atom. The van der Waals surface area contributed by atoms with Crippen LogP contribution in [-0.4, -0.2) is 35.8 Å². The number of phenols is 1. The molecule has 0 bridgehead atoms. The normalized spacial score (nSPS) is 20.6. The summed E-state index contributed by atoms with van der Waals surface area (Å²) in [5.41, 5.74) is 0.977. The molecule has 3 nitrogen and oxygen atoms in total. The van der Waals surface area contributed by atoms with E-state index in [0.29, 0.717) is 11.9 Å². The highest BCUT2D eigenvalue weighted by Crippen LogP contribution is 2.25. The maximum atomic E-state index is 9.89. The van der Waals surface area contributed by atoms with Gasteiger partial charge in [-0.25, -0.2) is 0 Å². The highest BCUT2D eigenvalue weighted by Gasteiger charge is 2.21. The molecule has 0 aromatic heterocycles. The van der Waals surface area contributed by atoms with Gasteiger partial charge >= 0.3 is 0 Å². The quantitative estimate of drug-likeness (QED) is 0.897. The lowest BCUT2D eigenvalue weighted by molar-refractivity contribution is -0.00238. The van der Waals surface area contributed by atoms with Gasteiger partial charge in [-0.2, -0.15) is 0 Å². The number of aromatic hydroxyl groups is 1. The van der Waals surface area contributed by atoms with E-state index < -0.39 is 0 Å². The largest absolute Gasteiger partial charge is 0.508 e. The fourth-order valence-corrected chi connectivity index (χ4v) is 2.91. The first-order valence-corrected chi connectivity index (χ1v) is 7.79. The zero-order valence-corrected chi connectivity index (χ0v) is 13.0. The lowest BCUT2D eigenvalue weighted by atomic mass is 10.1. The van der Waals surface area contributed by atoms with E-state index in [9.17, 15) is 5.11 Å². The molecule has 4 heteroatoms. The van der Waals surface area contributed by atoms with Crippen LogP contribution in [-0.2, 0) is 11.3 Å². The van der Waals surface area contributed by atoms with Crippen LogP contribution >= 0.6 is 15.9 Å². The second-order valence-electron chi connectivity index (χ2n) is 5.14. The topological polar surface area (TPSA) is 32.7 Å². The molecule has 2 rings (SSSR count). The van der Waals surface area contributed by atoms with Gasteiger partial charge in [-0.3, -0.25) is 4.90 Å². The molecular weight excluding hydrogens is 306 g/mol. The van der Waals surface area contributed by atoms with Crippen LogP contribution in [0.1, 0.15) is 31.7 Å². The minimum absolute atomic E-state index is 0.350. The van der Waals surface area contributed by atoms with Crippen molar-refractivity contribution in [1.82, 2.24) is 4.90 Å². The smallest absolute Gasteiger partial charge is 0.120 e. The molecular formula is C15H22BrNO2. The van der Waals surface area contributed by atoms with Gasteiger partial charge in [0.1, 0.15) is 5.75 Å². The number of likely N-dealkylation sites (tertiary alicyclic amines) is 1. The molecule has 0 radical (unpaired) electrons. The van der Waals surface area contributed by atoms with Crippen LogP contribution in [0.2, 0.25) is 0 Å². The predicted octanol–water partition coefficient (Wildman–Crippen LogP) is 3.55. The fraction of sp³-hybridized carbons (Fsp3) is 0.600. The fourth-order valence-electron chi connectivity index (χ4n) is 2.50. The molecule has 1 aliphatic rings. The monoisotopic (exact) mass is 327 g/mol. The molecule has 0 spiro atoms. The Balaban J connectivity index is 1.93. The van der Waals surface area contributed by atoms with Crippen LogP contribution in [0.3, 0.4) is 0 Å². The van der Waals surface area contributed by atoms with Gasteiger partial charge in [-0.15, -0.1) is 0 Å². The van der Waals surface area contributed by atoms with Crippen molar-refractivity contribution in [2.24, 2.45) is 0 Å². The summed E-state index contributed by atoms with van der Waals surface area (Å²) in [6, 6.07) is 5.60. The van der Waals surface area contributed by atoms with Crippen molar-refractivity contribution in [3.63, 3.8) is 0 Å². The summed E-state index contributed by atoms with van der Waals surface area (Å²) in [4.78, 5) is 2.37. The first-order chi connectivity index (χ1) is 9.19. The van der Waals surface area contributed by atoms with Crippen molar-refractivity contribution >= 4 is 15.9 Å². The summed E-state index contributed by atoms with van der Waals surface area (Å²) in [5, 5.41) is 9.89. The van der Waals surface area contributed by atoms with Crippen molar-refractivity contribution in [3.05, 3.63) is 28.2 Å². The standard InChI is InChI=1S/C15H22BrNO2/c1-2-8-19-14-4-3-7-17(11-14)10-12-9-13(16)5-6-15(12)18/h5-6,9,14,18H,2-4,7-8,10-11H2,1H3. The Kier molecular flexibility index (Phi) is 5.67. The van der Waals surface area contributed by atoms with Crippen LogP contribution in [0.4, 0.5) is 0 Å². The minimum Gasteiger partial charge on any atom is -0.508 e. The third kappa shape index (κ3) is 4.48. The van der Waals surface area contributed by atoms with Crippen LogP contribution in [0.25, 0.3) is 0 Å². The maximum absolute atomic E-state index is 9.89. The molecule has 1 fully saturated rings. The molecule has 0 aliphatic carbocycles. The van der Waals surface area contributed by atoms with Gasteiger partial charge in [0.25, 0.3) is 0 Å². The van der Waals surface area contributed by atoms with Gasteiger partial charge in [0.05, 0.1) is 6.10 Å². The minimum atomic E-state index is 0.350. The highest BCUT2D eigenvalue weighted by molar-refractivity contribution is 9.10. The predicted molar refractivity (Wildman–Crippen MR) is 80.3 cm³/mol. The number of nitrogens with zero attached hydrogens (tertiary/aromatic N) is 1. The molecule has 1 aromatic rings. The summed E-state index contributed by atoms with van der Waals surface area (Å²) in [5.74, 6) is 0.375. The van der Waals surface area contributed by atoms with Gasteiger partial charge in [-0.05, 0) is 44.0 Å². The lowest BCUT2D eigenvalue weighted by Crippen LogP contribution is -2.39. The van der Waals surface area contributed by atoms with E-state index in [1.54, 1.807) is 6.07 Å². The molecule has 1 N–H and O–H groups in total. The van der Waals surface area contributed by atoms with Crippen molar-refractivity contribution in [2.45, 2.75) is 38.8 Å². The third-order valence-corrected chi connectivity index (χ3v) is 3.95. The van der Waals surface area contributed by atoms with Crippen molar-refractivity contribution < 1.29 is 9.84 Å². The van der Waals surface area contributed by atoms with E-state index >= 15 is 0 Å². The van der Waals surface area contributed by atoms with Gasteiger partial charge < -0.3 is 9.84 Å². The number of hydrogen-bond donors (Lipinski definition) is 1. The zero-order chi connectivity index (χ0) is 13.7. The Hall–Kier alpha value is -0.580. The summed E-state index contributed by atoms with van der Waals surface area (Å²) in [6.07, 6.45) is 3.75. The number of phenolic OH excluding ortho intramolecular Hbond substituents is 1. The van der Waals surface area contributed by atoms with Crippen molar-refractivity contribution in [3.8, 4) is 5.75 Å². The summed E-state index contributed by atoms with van der Waals surface area (Å²) in [7, 11) is 0. The van der Waals surface area contributed by atoms with Gasteiger partial charge in [0, 0.05) is 29.7 Å². The first-order valence-electron chi connectivity index (χ1n) is 7.00. The van der Waals surface area contributed by atoms with Crippen LogP contribution in [0.5, 0.6) is 5.75 Å². The van der Waals surface area contributed by atoms with Crippen LogP contribution in [0.15, 0.2) is 22.7 Å². The maximum Gasteiger partial charge on any atom is 0.120 e. The lowest BCUT2D eigenvalue weighted by Gasteiger charge is -2.32. The number of rotatable bonds is 5. The van der Waals surface area contributed by atoms with Crippen LogP contribution < -0.4 is 0 Å². The zero-order valence-electron chi connectivity index (χ0n) is 11.4. The molecule has 1 aromatic carbocycles. The van der Waals surface area contributed by atoms with E-state index in [1.165, 1.54) is 6.42 Å². The summed E-state index contributed by atoms with van der Waals surface area (Å²) >= 11 is 3.45. The second kappa shape index (κ2) is 7.27. The number of hydrogen-bond acceptors (Lipinski definition) is 3. The molecule has 19 heavy (non-hydrogen) atoms. The molecule has 1 heterocycles. The van der Waals surface area contributed by atoms with E-state index in [4.69, 9.17) is 4.74 Å². The Morgan fingerprint density at radius 2 is 2.32 bits per heavy atom. The number of halogens is 1. The molecule has 1 aliphatic heterocycles. The highest BCUT2D eigenvalue weighted by atomic mass is 79.9. The Bertz CT molecular complexity index is 411. The second-order valence-corrected chi connectivity index (χ2v) is 6.06. The number of piperidine rings is 1. The molecule has 1 saturated heterocycles. The van der Waals surface area contributed by atoms with Gasteiger partial charge in [0.2, 0.25) is 0 Å². The third-order valence-electron chi connectivity index (χ3n) is 3.46. The van der Waals surface area contributed by atoms with Gasteiger partial charge in [0.15, 0.2) is 0 Å². The summed E-state index contributed by atoms with van der Waals surface area (Å²) in [6.45, 7) is 5.82. The van der Waals surface area contributed by atoms with E-state index in [-0.39, 0.29) is 0 Å². The molecule has 0 saturated carbocycles. The molecule has 0 amide bonds. The first kappa shape index (κ1) is 14.8. The molecule has 1 unspecified atom stereocenters.